The zero-order chi connectivity index (χ0) is 15.3. The highest BCUT2D eigenvalue weighted by Gasteiger charge is 2.35. The number of hydrazine groups is 1. The minimum absolute atomic E-state index is 0.113. The molecule has 1 aliphatic heterocycles. The van der Waals surface area contributed by atoms with Crippen LogP contribution in [0.15, 0.2) is 30.3 Å². The highest BCUT2D eigenvalue weighted by atomic mass is 16.5. The molecule has 1 aliphatic rings. The molecule has 1 heterocycles. The molecule has 0 saturated carbocycles. The summed E-state index contributed by atoms with van der Waals surface area (Å²) in [7, 11) is 1.77. The molecule has 3 N–H and O–H groups in total. The van der Waals surface area contributed by atoms with Crippen LogP contribution in [-0.2, 0) is 4.74 Å². The third-order valence-electron chi connectivity index (χ3n) is 4.22. The Morgan fingerprint density at radius 3 is 2.62 bits per heavy atom. The van der Waals surface area contributed by atoms with Gasteiger partial charge in [-0.15, -0.1) is 0 Å². The van der Waals surface area contributed by atoms with Crippen molar-refractivity contribution in [2.45, 2.75) is 32.9 Å². The van der Waals surface area contributed by atoms with Gasteiger partial charge in [0.15, 0.2) is 0 Å². The first-order valence-corrected chi connectivity index (χ1v) is 7.79. The number of hydrogen-bond acceptors (Lipinski definition) is 4. The Kier molecular flexibility index (Phi) is 5.76. The fourth-order valence-corrected chi connectivity index (χ4v) is 3.05. The summed E-state index contributed by atoms with van der Waals surface area (Å²) in [4.78, 5) is 0. The molecule has 0 aromatic heterocycles. The Hall–Kier alpha value is -0.940. The van der Waals surface area contributed by atoms with Crippen LogP contribution in [0.5, 0.6) is 0 Å². The maximum atomic E-state index is 5.60. The quantitative estimate of drug-likeness (QED) is 0.751. The summed E-state index contributed by atoms with van der Waals surface area (Å²) >= 11 is 0. The van der Waals surface area contributed by atoms with Gasteiger partial charge >= 0.3 is 0 Å². The molecule has 1 fully saturated rings. The summed E-state index contributed by atoms with van der Waals surface area (Å²) in [5.41, 5.74) is 8.19. The highest BCUT2D eigenvalue weighted by molar-refractivity contribution is 5.17. The van der Waals surface area contributed by atoms with Crippen molar-refractivity contribution in [2.24, 2.45) is 11.3 Å². The Morgan fingerprint density at radius 2 is 2.00 bits per heavy atom. The summed E-state index contributed by atoms with van der Waals surface area (Å²) in [5.74, 6) is 0.596. The minimum Gasteiger partial charge on any atom is -0.375 e. The minimum atomic E-state index is 0.113. The molecule has 0 bridgehead atoms. The summed E-state index contributed by atoms with van der Waals surface area (Å²) in [6.07, 6.45) is 0.113. The number of ether oxygens (including phenoxy) is 1. The first-order valence-electron chi connectivity index (χ1n) is 7.79. The van der Waals surface area contributed by atoms with Crippen molar-refractivity contribution in [3.63, 3.8) is 0 Å². The van der Waals surface area contributed by atoms with Crippen molar-refractivity contribution in [2.75, 3.05) is 26.7 Å². The van der Waals surface area contributed by atoms with Crippen molar-refractivity contribution in [1.29, 1.82) is 0 Å². The summed E-state index contributed by atoms with van der Waals surface area (Å²) in [5, 5.41) is 3.57. The van der Waals surface area contributed by atoms with Gasteiger partial charge in [0.2, 0.25) is 0 Å². The van der Waals surface area contributed by atoms with Crippen molar-refractivity contribution in [3.05, 3.63) is 35.9 Å². The molecule has 1 aromatic rings. The molecule has 4 heteroatoms. The molecular formula is C17H29N3O. The van der Waals surface area contributed by atoms with Gasteiger partial charge in [-0.1, -0.05) is 51.1 Å². The van der Waals surface area contributed by atoms with E-state index in [9.17, 15) is 0 Å². The van der Waals surface area contributed by atoms with Crippen molar-refractivity contribution in [1.82, 2.24) is 16.2 Å². The molecule has 1 aromatic carbocycles. The van der Waals surface area contributed by atoms with Crippen molar-refractivity contribution in [3.8, 4) is 0 Å². The second-order valence-electron chi connectivity index (χ2n) is 6.92. The first kappa shape index (κ1) is 16.4. The summed E-state index contributed by atoms with van der Waals surface area (Å²) < 4.78 is 5.60. The number of benzene rings is 1. The Bertz CT molecular complexity index is 416. The molecule has 3 unspecified atom stereocenters. The van der Waals surface area contributed by atoms with Crippen LogP contribution in [0.1, 0.15) is 32.4 Å². The van der Waals surface area contributed by atoms with E-state index < -0.39 is 0 Å². The van der Waals surface area contributed by atoms with Crippen LogP contribution in [0, 0.1) is 11.3 Å². The highest BCUT2D eigenvalue weighted by Crippen LogP contribution is 2.27. The fraction of sp³-hybridized carbons (Fsp3) is 0.647. The topological polar surface area (TPSA) is 45.3 Å². The molecule has 0 radical (unpaired) electrons. The lowest BCUT2D eigenvalue weighted by molar-refractivity contribution is 0.100. The van der Waals surface area contributed by atoms with Crippen LogP contribution in [0.4, 0.5) is 0 Å². The van der Waals surface area contributed by atoms with Gasteiger partial charge < -0.3 is 10.1 Å². The SMILES string of the molecule is COC(CNCC1CNNC1C(C)(C)C)c1ccccc1. The van der Waals surface area contributed by atoms with E-state index in [0.717, 1.165) is 19.6 Å². The molecule has 3 atom stereocenters. The van der Waals surface area contributed by atoms with Gasteiger partial charge in [-0.25, -0.2) is 0 Å². The first-order chi connectivity index (χ1) is 10.0. The van der Waals surface area contributed by atoms with Gasteiger partial charge in [0.25, 0.3) is 0 Å². The lowest BCUT2D eigenvalue weighted by Gasteiger charge is -2.31. The van der Waals surface area contributed by atoms with Crippen molar-refractivity contribution >= 4 is 0 Å². The maximum absolute atomic E-state index is 5.60. The molecule has 21 heavy (non-hydrogen) atoms. The lowest BCUT2D eigenvalue weighted by Crippen LogP contribution is -2.44. The maximum Gasteiger partial charge on any atom is 0.0945 e. The van der Waals surface area contributed by atoms with Gasteiger partial charge in [0, 0.05) is 38.7 Å². The van der Waals surface area contributed by atoms with Crippen LogP contribution < -0.4 is 16.2 Å². The number of nitrogens with one attached hydrogen (secondary N) is 3. The molecule has 1 saturated heterocycles. The Morgan fingerprint density at radius 1 is 1.29 bits per heavy atom. The van der Waals surface area contributed by atoms with Crippen LogP contribution in [0.25, 0.3) is 0 Å². The second kappa shape index (κ2) is 7.36. The summed E-state index contributed by atoms with van der Waals surface area (Å²) in [6, 6.07) is 10.9. The van der Waals surface area contributed by atoms with E-state index in [1.54, 1.807) is 7.11 Å². The van der Waals surface area contributed by atoms with Crippen LogP contribution >= 0.6 is 0 Å². The number of methoxy groups -OCH3 is 1. The molecule has 0 aliphatic carbocycles. The molecule has 2 rings (SSSR count). The van der Waals surface area contributed by atoms with Crippen molar-refractivity contribution < 1.29 is 4.74 Å². The normalized spacial score (nSPS) is 24.2. The van der Waals surface area contributed by atoms with E-state index in [4.69, 9.17) is 4.74 Å². The smallest absolute Gasteiger partial charge is 0.0945 e. The predicted molar refractivity (Wildman–Crippen MR) is 86.9 cm³/mol. The van der Waals surface area contributed by atoms with Gasteiger partial charge in [0.05, 0.1) is 6.10 Å². The largest absolute Gasteiger partial charge is 0.375 e. The third-order valence-corrected chi connectivity index (χ3v) is 4.22. The van der Waals surface area contributed by atoms with Gasteiger partial charge in [0.1, 0.15) is 0 Å². The van der Waals surface area contributed by atoms with Crippen LogP contribution in [-0.4, -0.2) is 32.8 Å². The fourth-order valence-electron chi connectivity index (χ4n) is 3.05. The molecule has 0 amide bonds. The standard InChI is InChI=1S/C17H29N3O/c1-17(2,3)16-14(11-19-20-16)10-18-12-15(21-4)13-8-6-5-7-9-13/h5-9,14-16,18-20H,10-12H2,1-4H3. The Balaban J connectivity index is 1.83. The van der Waals surface area contributed by atoms with E-state index in [1.807, 2.05) is 6.07 Å². The van der Waals surface area contributed by atoms with Gasteiger partial charge in [-0.2, -0.15) is 0 Å². The monoisotopic (exact) mass is 291 g/mol. The second-order valence-corrected chi connectivity index (χ2v) is 6.92. The predicted octanol–water partition coefficient (Wildman–Crippen LogP) is 2.10. The van der Waals surface area contributed by atoms with E-state index in [2.05, 4.69) is 61.2 Å². The van der Waals surface area contributed by atoms with E-state index in [-0.39, 0.29) is 11.5 Å². The van der Waals surface area contributed by atoms with Gasteiger partial charge in [-0.3, -0.25) is 10.9 Å². The number of hydrogen-bond donors (Lipinski definition) is 3. The molecular weight excluding hydrogens is 262 g/mol. The van der Waals surface area contributed by atoms with E-state index in [0.29, 0.717) is 12.0 Å². The van der Waals surface area contributed by atoms with Crippen LogP contribution in [0.3, 0.4) is 0 Å². The average Bonchev–Trinajstić information content (AvgIpc) is 2.93. The van der Waals surface area contributed by atoms with Crippen LogP contribution in [0.2, 0.25) is 0 Å². The van der Waals surface area contributed by atoms with E-state index >= 15 is 0 Å². The van der Waals surface area contributed by atoms with E-state index in [1.165, 1.54) is 5.56 Å². The Labute approximate surface area is 128 Å². The van der Waals surface area contributed by atoms with Gasteiger partial charge in [-0.05, 0) is 11.0 Å². The molecule has 0 spiro atoms. The zero-order valence-electron chi connectivity index (χ0n) is 13.6. The molecule has 4 nitrogen and oxygen atoms in total. The average molecular weight is 291 g/mol. The molecule has 118 valence electrons. The lowest BCUT2D eigenvalue weighted by atomic mass is 9.80. The third kappa shape index (κ3) is 4.51. The number of rotatable bonds is 6. The summed E-state index contributed by atoms with van der Waals surface area (Å²) in [6.45, 7) is 9.70. The zero-order valence-corrected chi connectivity index (χ0v) is 13.6.